The summed E-state index contributed by atoms with van der Waals surface area (Å²) in [5.41, 5.74) is 1.37. The van der Waals surface area contributed by atoms with E-state index in [1.165, 1.54) is 6.92 Å². The Kier molecular flexibility index (Phi) is 6.23. The van der Waals surface area contributed by atoms with E-state index in [1.54, 1.807) is 42.5 Å². The number of rotatable bonds is 6. The van der Waals surface area contributed by atoms with Crippen molar-refractivity contribution in [2.45, 2.75) is 19.9 Å². The van der Waals surface area contributed by atoms with Crippen molar-refractivity contribution in [3.63, 3.8) is 0 Å². The van der Waals surface area contributed by atoms with E-state index in [-0.39, 0.29) is 24.3 Å². The minimum Gasteiger partial charge on any atom is -0.484 e. The standard InChI is InChI=1S/C18H17Cl2NO3/c1-11(16-8-5-14(19)9-17(16)20)21-18(23)10-24-15-6-3-13(4-7-15)12(2)22/h3-9,11H,10H2,1-2H3,(H,21,23). The Morgan fingerprint density at radius 2 is 1.79 bits per heavy atom. The second-order valence-corrected chi connectivity index (χ2v) is 6.17. The van der Waals surface area contributed by atoms with Crippen LogP contribution in [-0.4, -0.2) is 18.3 Å². The first-order valence-corrected chi connectivity index (χ1v) is 8.10. The molecule has 1 amide bonds. The number of benzene rings is 2. The highest BCUT2D eigenvalue weighted by molar-refractivity contribution is 6.35. The van der Waals surface area contributed by atoms with Gasteiger partial charge in [0.25, 0.3) is 5.91 Å². The molecule has 1 atom stereocenters. The van der Waals surface area contributed by atoms with Crippen molar-refractivity contribution in [2.24, 2.45) is 0 Å². The van der Waals surface area contributed by atoms with E-state index >= 15 is 0 Å². The Hall–Kier alpha value is -2.04. The first kappa shape index (κ1) is 18.3. The number of halogens is 2. The summed E-state index contributed by atoms with van der Waals surface area (Å²) in [6.45, 7) is 3.19. The van der Waals surface area contributed by atoms with Crippen molar-refractivity contribution in [1.82, 2.24) is 5.32 Å². The summed E-state index contributed by atoms with van der Waals surface area (Å²) in [6.07, 6.45) is 0. The molecule has 0 saturated heterocycles. The van der Waals surface area contributed by atoms with Crippen LogP contribution in [0.15, 0.2) is 42.5 Å². The molecule has 126 valence electrons. The van der Waals surface area contributed by atoms with Gasteiger partial charge in [0.1, 0.15) is 5.75 Å². The third-order valence-electron chi connectivity index (χ3n) is 3.44. The van der Waals surface area contributed by atoms with E-state index in [1.807, 2.05) is 6.92 Å². The van der Waals surface area contributed by atoms with Crippen LogP contribution < -0.4 is 10.1 Å². The monoisotopic (exact) mass is 365 g/mol. The van der Waals surface area contributed by atoms with Crippen LogP contribution in [0.5, 0.6) is 5.75 Å². The average molecular weight is 366 g/mol. The Bertz CT molecular complexity index is 744. The summed E-state index contributed by atoms with van der Waals surface area (Å²) < 4.78 is 5.41. The first-order valence-electron chi connectivity index (χ1n) is 7.35. The number of hydrogen-bond donors (Lipinski definition) is 1. The van der Waals surface area contributed by atoms with E-state index in [0.717, 1.165) is 5.56 Å². The van der Waals surface area contributed by atoms with Gasteiger partial charge in [-0.2, -0.15) is 0 Å². The third-order valence-corrected chi connectivity index (χ3v) is 4.00. The molecule has 0 spiro atoms. The van der Waals surface area contributed by atoms with E-state index in [9.17, 15) is 9.59 Å². The molecular weight excluding hydrogens is 349 g/mol. The van der Waals surface area contributed by atoms with Crippen LogP contribution in [0.25, 0.3) is 0 Å². The topological polar surface area (TPSA) is 55.4 Å². The van der Waals surface area contributed by atoms with E-state index in [2.05, 4.69) is 5.32 Å². The number of hydrogen-bond acceptors (Lipinski definition) is 3. The minimum atomic E-state index is -0.274. The molecule has 0 aliphatic carbocycles. The van der Waals surface area contributed by atoms with Crippen molar-refractivity contribution in [3.05, 3.63) is 63.6 Å². The molecule has 24 heavy (non-hydrogen) atoms. The Balaban J connectivity index is 1.89. The van der Waals surface area contributed by atoms with Gasteiger partial charge in [-0.3, -0.25) is 9.59 Å². The zero-order valence-corrected chi connectivity index (χ0v) is 14.8. The number of ether oxygens (including phenoxy) is 1. The molecule has 0 aliphatic heterocycles. The zero-order valence-electron chi connectivity index (χ0n) is 13.3. The van der Waals surface area contributed by atoms with Gasteiger partial charge in [0.15, 0.2) is 12.4 Å². The summed E-state index contributed by atoms with van der Waals surface area (Å²) in [6, 6.07) is 11.5. The van der Waals surface area contributed by atoms with Crippen LogP contribution in [0.1, 0.15) is 35.8 Å². The smallest absolute Gasteiger partial charge is 0.258 e. The lowest BCUT2D eigenvalue weighted by Gasteiger charge is -2.16. The van der Waals surface area contributed by atoms with Crippen LogP contribution in [-0.2, 0) is 4.79 Å². The van der Waals surface area contributed by atoms with Gasteiger partial charge in [0.05, 0.1) is 6.04 Å². The average Bonchev–Trinajstić information content (AvgIpc) is 2.53. The molecule has 1 unspecified atom stereocenters. The second-order valence-electron chi connectivity index (χ2n) is 5.32. The minimum absolute atomic E-state index is 0.0204. The van der Waals surface area contributed by atoms with Crippen LogP contribution in [0.3, 0.4) is 0 Å². The van der Waals surface area contributed by atoms with Crippen molar-refractivity contribution in [3.8, 4) is 5.75 Å². The van der Waals surface area contributed by atoms with Gasteiger partial charge in [0.2, 0.25) is 0 Å². The number of nitrogens with one attached hydrogen (secondary N) is 1. The second kappa shape index (κ2) is 8.18. The van der Waals surface area contributed by atoms with E-state index < -0.39 is 0 Å². The quantitative estimate of drug-likeness (QED) is 0.769. The normalized spacial score (nSPS) is 11.7. The Morgan fingerprint density at radius 1 is 1.12 bits per heavy atom. The van der Waals surface area contributed by atoms with Crippen molar-refractivity contribution in [1.29, 1.82) is 0 Å². The van der Waals surface area contributed by atoms with E-state index in [0.29, 0.717) is 21.4 Å². The number of Topliss-reactive ketones (excluding diaryl/α,β-unsaturated/α-hetero) is 1. The van der Waals surface area contributed by atoms with Gasteiger partial charge in [-0.25, -0.2) is 0 Å². The van der Waals surface area contributed by atoms with Crippen LogP contribution >= 0.6 is 23.2 Å². The molecule has 2 aromatic rings. The maximum absolute atomic E-state index is 12.0. The molecule has 6 heteroatoms. The highest BCUT2D eigenvalue weighted by atomic mass is 35.5. The number of carbonyl (C=O) groups excluding carboxylic acids is 2. The highest BCUT2D eigenvalue weighted by Crippen LogP contribution is 2.26. The zero-order chi connectivity index (χ0) is 17.7. The number of amides is 1. The molecule has 0 saturated carbocycles. The summed E-state index contributed by atoms with van der Waals surface area (Å²) in [5.74, 6) is 0.226. The van der Waals surface area contributed by atoms with E-state index in [4.69, 9.17) is 27.9 Å². The van der Waals surface area contributed by atoms with Gasteiger partial charge in [-0.05, 0) is 55.8 Å². The maximum atomic E-state index is 12.0. The van der Waals surface area contributed by atoms with Gasteiger partial charge in [0, 0.05) is 15.6 Å². The molecular formula is C18H17Cl2NO3. The van der Waals surface area contributed by atoms with Gasteiger partial charge in [-0.1, -0.05) is 29.3 Å². The molecule has 0 radical (unpaired) electrons. The lowest BCUT2D eigenvalue weighted by atomic mass is 10.1. The fraction of sp³-hybridized carbons (Fsp3) is 0.222. The van der Waals surface area contributed by atoms with Crippen molar-refractivity contribution >= 4 is 34.9 Å². The van der Waals surface area contributed by atoms with Gasteiger partial charge < -0.3 is 10.1 Å². The fourth-order valence-electron chi connectivity index (χ4n) is 2.15. The Morgan fingerprint density at radius 3 is 2.38 bits per heavy atom. The van der Waals surface area contributed by atoms with Crippen LogP contribution in [0.2, 0.25) is 10.0 Å². The van der Waals surface area contributed by atoms with Gasteiger partial charge in [-0.15, -0.1) is 0 Å². The summed E-state index contributed by atoms with van der Waals surface area (Å²) in [5, 5.41) is 3.85. The van der Waals surface area contributed by atoms with Crippen molar-refractivity contribution < 1.29 is 14.3 Å². The Labute approximate surface area is 150 Å². The fourth-order valence-corrected chi connectivity index (χ4v) is 2.72. The SMILES string of the molecule is CC(=O)c1ccc(OCC(=O)NC(C)c2ccc(Cl)cc2Cl)cc1. The molecule has 0 aliphatic rings. The summed E-state index contributed by atoms with van der Waals surface area (Å²) in [7, 11) is 0. The third kappa shape index (κ3) is 4.98. The van der Waals surface area contributed by atoms with Crippen LogP contribution in [0.4, 0.5) is 0 Å². The highest BCUT2D eigenvalue weighted by Gasteiger charge is 2.13. The molecule has 2 rings (SSSR count). The lowest BCUT2D eigenvalue weighted by molar-refractivity contribution is -0.123. The molecule has 4 nitrogen and oxygen atoms in total. The predicted octanol–water partition coefficient (Wildman–Crippen LogP) is 4.45. The molecule has 0 heterocycles. The van der Waals surface area contributed by atoms with Crippen molar-refractivity contribution in [2.75, 3.05) is 6.61 Å². The molecule has 1 N–H and O–H groups in total. The molecule has 2 aromatic carbocycles. The summed E-state index contributed by atoms with van der Waals surface area (Å²) >= 11 is 12.0. The van der Waals surface area contributed by atoms with Crippen LogP contribution in [0, 0.1) is 0 Å². The first-order chi connectivity index (χ1) is 11.4. The number of ketones is 1. The molecule has 0 bridgehead atoms. The predicted molar refractivity (Wildman–Crippen MR) is 95.0 cm³/mol. The molecule has 0 aromatic heterocycles. The summed E-state index contributed by atoms with van der Waals surface area (Å²) in [4.78, 5) is 23.2. The number of carbonyl (C=O) groups is 2. The largest absolute Gasteiger partial charge is 0.484 e. The lowest BCUT2D eigenvalue weighted by Crippen LogP contribution is -2.31. The maximum Gasteiger partial charge on any atom is 0.258 e. The molecule has 0 fully saturated rings. The van der Waals surface area contributed by atoms with Gasteiger partial charge >= 0.3 is 0 Å².